The summed E-state index contributed by atoms with van der Waals surface area (Å²) in [5.41, 5.74) is 0.907. The van der Waals surface area contributed by atoms with Gasteiger partial charge in [0, 0.05) is 12.3 Å². The van der Waals surface area contributed by atoms with Crippen molar-refractivity contribution in [2.75, 3.05) is 11.9 Å². The van der Waals surface area contributed by atoms with Crippen LogP contribution in [0.2, 0.25) is 0 Å². The zero-order chi connectivity index (χ0) is 14.9. The minimum absolute atomic E-state index is 0.0726. The Labute approximate surface area is 116 Å². The molecular formula is C15H26N2O2. The lowest BCUT2D eigenvalue weighted by atomic mass is 10.1. The van der Waals surface area contributed by atoms with Gasteiger partial charge in [-0.05, 0) is 32.9 Å². The van der Waals surface area contributed by atoms with Crippen LogP contribution < -0.4 is 5.32 Å². The topological polar surface area (TPSA) is 54.4 Å². The summed E-state index contributed by atoms with van der Waals surface area (Å²) in [6.07, 6.45) is 0. The zero-order valence-corrected chi connectivity index (χ0v) is 12.7. The van der Waals surface area contributed by atoms with Gasteiger partial charge in [0.2, 0.25) is 0 Å². The van der Waals surface area contributed by atoms with Crippen molar-refractivity contribution in [1.82, 2.24) is 4.98 Å². The van der Waals surface area contributed by atoms with E-state index in [1.54, 1.807) is 6.07 Å². The molecule has 2 N–H and O–H groups in total. The molecule has 19 heavy (non-hydrogen) atoms. The first-order valence-corrected chi connectivity index (χ1v) is 6.66. The molecule has 4 nitrogen and oxygen atoms in total. The molecule has 1 aromatic rings. The van der Waals surface area contributed by atoms with E-state index < -0.39 is 5.60 Å². The van der Waals surface area contributed by atoms with E-state index >= 15 is 0 Å². The van der Waals surface area contributed by atoms with Crippen molar-refractivity contribution in [2.24, 2.45) is 0 Å². The van der Waals surface area contributed by atoms with Gasteiger partial charge in [0.05, 0.1) is 12.3 Å². The van der Waals surface area contributed by atoms with Crippen LogP contribution in [0.3, 0.4) is 0 Å². The maximum atomic E-state index is 9.00. The van der Waals surface area contributed by atoms with Crippen molar-refractivity contribution in [3.05, 3.63) is 36.2 Å². The predicted octanol–water partition coefficient (Wildman–Crippen LogP) is 3.34. The highest BCUT2D eigenvalue weighted by atomic mass is 16.5. The molecule has 0 aliphatic heterocycles. The maximum absolute atomic E-state index is 9.00. The first-order chi connectivity index (χ1) is 8.99. The summed E-state index contributed by atoms with van der Waals surface area (Å²) in [6.45, 7) is 14.3. The Balaban J connectivity index is 0.00000154. The van der Waals surface area contributed by atoms with Crippen molar-refractivity contribution >= 4 is 5.82 Å². The molecule has 0 aliphatic rings. The van der Waals surface area contributed by atoms with Crippen molar-refractivity contribution in [1.29, 1.82) is 0 Å². The highest BCUT2D eigenvalue weighted by Crippen LogP contribution is 2.20. The lowest BCUT2D eigenvalue weighted by Gasteiger charge is -2.27. The average molecular weight is 266 g/mol. The molecule has 4 heteroatoms. The fourth-order valence-corrected chi connectivity index (χ4v) is 1.39. The number of aliphatic hydroxyl groups excluding tert-OH is 1. The first-order valence-electron chi connectivity index (χ1n) is 6.66. The SMILES string of the molecule is C=C(Nc1cccc(CO)n1)C(C)(C)OCC.CC. The number of anilines is 1. The summed E-state index contributed by atoms with van der Waals surface area (Å²) in [5.74, 6) is 0.661. The van der Waals surface area contributed by atoms with Gasteiger partial charge in [0.25, 0.3) is 0 Å². The highest BCUT2D eigenvalue weighted by molar-refractivity contribution is 5.43. The van der Waals surface area contributed by atoms with E-state index in [9.17, 15) is 0 Å². The highest BCUT2D eigenvalue weighted by Gasteiger charge is 2.22. The molecule has 0 fully saturated rings. The third kappa shape index (κ3) is 5.85. The second-order valence-electron chi connectivity index (χ2n) is 4.22. The van der Waals surface area contributed by atoms with Crippen molar-refractivity contribution in [2.45, 2.75) is 46.8 Å². The largest absolute Gasteiger partial charge is 0.390 e. The summed E-state index contributed by atoms with van der Waals surface area (Å²) in [7, 11) is 0. The van der Waals surface area contributed by atoms with Crippen LogP contribution >= 0.6 is 0 Å². The van der Waals surface area contributed by atoms with Gasteiger partial charge in [-0.3, -0.25) is 0 Å². The van der Waals surface area contributed by atoms with E-state index in [0.29, 0.717) is 18.1 Å². The van der Waals surface area contributed by atoms with Crippen LogP contribution in [-0.2, 0) is 11.3 Å². The minimum Gasteiger partial charge on any atom is -0.390 e. The van der Waals surface area contributed by atoms with Crippen LogP contribution in [0.4, 0.5) is 5.82 Å². The minimum atomic E-state index is -0.453. The Morgan fingerprint density at radius 1 is 1.42 bits per heavy atom. The molecule has 0 radical (unpaired) electrons. The van der Waals surface area contributed by atoms with Crippen LogP contribution in [0.1, 0.15) is 40.3 Å². The molecule has 0 aliphatic carbocycles. The number of hydrogen-bond donors (Lipinski definition) is 2. The van der Waals surface area contributed by atoms with Crippen molar-refractivity contribution in [3.63, 3.8) is 0 Å². The Morgan fingerprint density at radius 3 is 2.58 bits per heavy atom. The lowest BCUT2D eigenvalue weighted by Crippen LogP contribution is -2.30. The number of ether oxygens (including phenoxy) is 1. The number of rotatable bonds is 6. The summed E-state index contributed by atoms with van der Waals surface area (Å²) in [4.78, 5) is 4.23. The Kier molecular flexibility index (Phi) is 8.03. The molecule has 0 saturated carbocycles. The molecule has 0 spiro atoms. The molecule has 0 amide bonds. The third-order valence-electron chi connectivity index (χ3n) is 2.48. The maximum Gasteiger partial charge on any atom is 0.130 e. The van der Waals surface area contributed by atoms with Crippen LogP contribution in [0.25, 0.3) is 0 Å². The molecular weight excluding hydrogens is 240 g/mol. The van der Waals surface area contributed by atoms with E-state index in [1.165, 1.54) is 0 Å². The van der Waals surface area contributed by atoms with Crippen molar-refractivity contribution in [3.8, 4) is 0 Å². The lowest BCUT2D eigenvalue weighted by molar-refractivity contribution is 0.0204. The molecule has 0 atom stereocenters. The van der Waals surface area contributed by atoms with Gasteiger partial charge in [0.15, 0.2) is 0 Å². The number of hydrogen-bond acceptors (Lipinski definition) is 4. The fraction of sp³-hybridized carbons (Fsp3) is 0.533. The van der Waals surface area contributed by atoms with Gasteiger partial charge >= 0.3 is 0 Å². The van der Waals surface area contributed by atoms with E-state index in [4.69, 9.17) is 9.84 Å². The molecule has 1 heterocycles. The zero-order valence-electron chi connectivity index (χ0n) is 12.7. The molecule has 1 aromatic heterocycles. The van der Waals surface area contributed by atoms with Gasteiger partial charge < -0.3 is 15.2 Å². The normalized spacial score (nSPS) is 10.4. The van der Waals surface area contributed by atoms with Gasteiger partial charge in [-0.1, -0.05) is 26.5 Å². The number of aromatic nitrogens is 1. The molecule has 0 unspecified atom stereocenters. The summed E-state index contributed by atoms with van der Waals surface area (Å²) in [5, 5.41) is 12.1. The van der Waals surface area contributed by atoms with Crippen LogP contribution in [0.15, 0.2) is 30.5 Å². The van der Waals surface area contributed by atoms with E-state index in [0.717, 1.165) is 5.70 Å². The van der Waals surface area contributed by atoms with E-state index in [1.807, 2.05) is 46.8 Å². The molecule has 1 rings (SSSR count). The standard InChI is InChI=1S/C13H20N2O2.C2H6/c1-5-17-13(3,4)10(2)14-12-8-6-7-11(9-16)15-12;1-2/h6-8,16H,2,5,9H2,1,3-4H3,(H,14,15);1-2H3. The number of aliphatic hydroxyl groups is 1. The van der Waals surface area contributed by atoms with Crippen molar-refractivity contribution < 1.29 is 9.84 Å². The van der Waals surface area contributed by atoms with Crippen LogP contribution in [0, 0.1) is 0 Å². The quantitative estimate of drug-likeness (QED) is 0.829. The first kappa shape index (κ1) is 17.6. The van der Waals surface area contributed by atoms with E-state index in [-0.39, 0.29) is 6.61 Å². The third-order valence-corrected chi connectivity index (χ3v) is 2.48. The van der Waals surface area contributed by atoms with Gasteiger partial charge in [-0.25, -0.2) is 4.98 Å². The second-order valence-corrected chi connectivity index (χ2v) is 4.22. The number of nitrogens with one attached hydrogen (secondary N) is 1. The molecule has 0 bridgehead atoms. The smallest absolute Gasteiger partial charge is 0.130 e. The Morgan fingerprint density at radius 2 is 2.05 bits per heavy atom. The van der Waals surface area contributed by atoms with E-state index in [2.05, 4.69) is 16.9 Å². The van der Waals surface area contributed by atoms with Crippen LogP contribution in [0.5, 0.6) is 0 Å². The monoisotopic (exact) mass is 266 g/mol. The molecule has 108 valence electrons. The van der Waals surface area contributed by atoms with Crippen LogP contribution in [-0.4, -0.2) is 22.3 Å². The predicted molar refractivity (Wildman–Crippen MR) is 80.0 cm³/mol. The summed E-state index contributed by atoms with van der Waals surface area (Å²) < 4.78 is 5.58. The number of pyridine rings is 1. The average Bonchev–Trinajstić information content (AvgIpc) is 2.41. The second kappa shape index (κ2) is 8.67. The van der Waals surface area contributed by atoms with Gasteiger partial charge in [-0.15, -0.1) is 0 Å². The van der Waals surface area contributed by atoms with Gasteiger partial charge in [0.1, 0.15) is 11.4 Å². The summed E-state index contributed by atoms with van der Waals surface area (Å²) in [6, 6.07) is 5.43. The Hall–Kier alpha value is -1.39. The van der Waals surface area contributed by atoms with Gasteiger partial charge in [-0.2, -0.15) is 0 Å². The summed E-state index contributed by atoms with van der Waals surface area (Å²) >= 11 is 0. The molecule has 0 saturated heterocycles. The molecule has 0 aromatic carbocycles. The fourth-order valence-electron chi connectivity index (χ4n) is 1.39. The number of nitrogens with zero attached hydrogens (tertiary/aromatic N) is 1. The Bertz CT molecular complexity index is 389.